The molecule has 0 rings (SSSR count). The van der Waals surface area contributed by atoms with Crippen molar-refractivity contribution in [3.8, 4) is 0 Å². The van der Waals surface area contributed by atoms with Crippen LogP contribution in [-0.4, -0.2) is 31.7 Å². The minimum atomic E-state index is 0.775. The Labute approximate surface area is 51.4 Å². The first-order chi connectivity index (χ1) is 3.81. The Hall–Kier alpha value is -0.0800. The van der Waals surface area contributed by atoms with E-state index in [4.69, 9.17) is 4.74 Å². The third-order valence-electron chi connectivity index (χ3n) is 1.06. The van der Waals surface area contributed by atoms with Gasteiger partial charge in [0.25, 0.3) is 0 Å². The highest BCUT2D eigenvalue weighted by Gasteiger charge is 1.82. The lowest BCUT2D eigenvalue weighted by molar-refractivity contribution is 0.170. The van der Waals surface area contributed by atoms with Crippen LogP contribution in [0.2, 0.25) is 0 Å². The predicted octanol–water partition coefficient (Wildman–Crippen LogP) is 0.746. The summed E-state index contributed by atoms with van der Waals surface area (Å²) in [6.07, 6.45) is 0. The molecule has 0 aliphatic heterocycles. The summed E-state index contributed by atoms with van der Waals surface area (Å²) >= 11 is 0. The van der Waals surface area contributed by atoms with Crippen LogP contribution in [0.4, 0.5) is 0 Å². The van der Waals surface area contributed by atoms with Crippen LogP contribution in [-0.2, 0) is 4.74 Å². The molecule has 0 aromatic heterocycles. The quantitative estimate of drug-likeness (QED) is 0.502. The van der Waals surface area contributed by atoms with Gasteiger partial charge in [0.05, 0.1) is 6.61 Å². The van der Waals surface area contributed by atoms with Crippen molar-refractivity contribution in [1.29, 1.82) is 0 Å². The van der Waals surface area contributed by atoms with Crippen molar-refractivity contribution in [3.05, 3.63) is 7.05 Å². The molecule has 0 saturated carbocycles. The molecule has 50 valence electrons. The Balaban J connectivity index is 2.86. The van der Waals surface area contributed by atoms with Crippen molar-refractivity contribution >= 4 is 0 Å². The molecule has 8 heavy (non-hydrogen) atoms. The molecule has 0 aromatic rings. The van der Waals surface area contributed by atoms with Gasteiger partial charge in [-0.1, -0.05) is 6.92 Å². The summed E-state index contributed by atoms with van der Waals surface area (Å²) in [6.45, 7) is 4.76. The van der Waals surface area contributed by atoms with E-state index in [0.717, 1.165) is 19.7 Å². The topological polar surface area (TPSA) is 12.5 Å². The highest BCUT2D eigenvalue weighted by molar-refractivity contribution is 4.48. The summed E-state index contributed by atoms with van der Waals surface area (Å²) in [7, 11) is 5.45. The van der Waals surface area contributed by atoms with Crippen molar-refractivity contribution in [2.75, 3.05) is 26.8 Å². The molecule has 0 spiro atoms. The van der Waals surface area contributed by atoms with Crippen LogP contribution in [0.1, 0.15) is 6.92 Å². The molecule has 0 amide bonds. The summed E-state index contributed by atoms with van der Waals surface area (Å²) in [5.74, 6) is 0. The van der Waals surface area contributed by atoms with Gasteiger partial charge in [-0.3, -0.25) is 7.05 Å². The lowest BCUT2D eigenvalue weighted by Crippen LogP contribution is -2.19. The van der Waals surface area contributed by atoms with E-state index in [1.807, 2.05) is 4.90 Å². The number of hydrogen-bond donors (Lipinski definition) is 0. The molecule has 0 N–H and O–H groups in total. The van der Waals surface area contributed by atoms with Gasteiger partial charge in [-0.25, -0.2) is 0 Å². The summed E-state index contributed by atoms with van der Waals surface area (Å²) in [5.41, 5.74) is 0. The second-order valence-electron chi connectivity index (χ2n) is 1.70. The first-order valence-corrected chi connectivity index (χ1v) is 2.85. The molecule has 0 saturated heterocycles. The molecule has 2 heteroatoms. The maximum atomic E-state index is 4.83. The average molecular weight is 116 g/mol. The predicted molar refractivity (Wildman–Crippen MR) is 34.5 cm³/mol. The molecule has 0 fully saturated rings. The Kier molecular flexibility index (Phi) is 5.01. The van der Waals surface area contributed by atoms with E-state index in [9.17, 15) is 0 Å². The second kappa shape index (κ2) is 5.06. The van der Waals surface area contributed by atoms with E-state index < -0.39 is 0 Å². The van der Waals surface area contributed by atoms with Gasteiger partial charge in [-0.05, 0) is 13.1 Å². The van der Waals surface area contributed by atoms with E-state index in [0.29, 0.717) is 0 Å². The van der Waals surface area contributed by atoms with Gasteiger partial charge in [0.1, 0.15) is 0 Å². The monoisotopic (exact) mass is 116 g/mol. The fourth-order valence-electron chi connectivity index (χ4n) is 0.379. The van der Waals surface area contributed by atoms with Crippen LogP contribution in [0.5, 0.6) is 0 Å². The van der Waals surface area contributed by atoms with Crippen LogP contribution in [0.3, 0.4) is 0 Å². The summed E-state index contributed by atoms with van der Waals surface area (Å²) < 4.78 is 4.83. The zero-order chi connectivity index (χ0) is 6.41. The highest BCUT2D eigenvalue weighted by atomic mass is 16.5. The Bertz CT molecular complexity index is 47.8. The minimum absolute atomic E-state index is 0.775. The Morgan fingerprint density at radius 2 is 2.25 bits per heavy atom. The van der Waals surface area contributed by atoms with E-state index >= 15 is 0 Å². The number of rotatable bonds is 4. The number of likely N-dealkylation sites (N-methyl/N-ethyl adjacent to an activating group) is 1. The van der Waals surface area contributed by atoms with Gasteiger partial charge in [0.2, 0.25) is 0 Å². The van der Waals surface area contributed by atoms with Crippen LogP contribution < -0.4 is 0 Å². The van der Waals surface area contributed by atoms with Gasteiger partial charge in [0, 0.05) is 7.11 Å². The molecule has 0 bridgehead atoms. The zero-order valence-electron chi connectivity index (χ0n) is 5.68. The van der Waals surface area contributed by atoms with Gasteiger partial charge in [-0.2, -0.15) is 0 Å². The smallest absolute Gasteiger partial charge is 0.0565 e. The van der Waals surface area contributed by atoms with Crippen molar-refractivity contribution < 1.29 is 4.74 Å². The highest BCUT2D eigenvalue weighted by Crippen LogP contribution is 1.80. The van der Waals surface area contributed by atoms with Gasteiger partial charge < -0.3 is 9.64 Å². The van der Waals surface area contributed by atoms with E-state index in [1.54, 1.807) is 7.11 Å². The number of hydrogen-bond acceptors (Lipinski definition) is 2. The van der Waals surface area contributed by atoms with Crippen molar-refractivity contribution in [2.45, 2.75) is 6.92 Å². The Morgan fingerprint density at radius 3 is 2.62 bits per heavy atom. The SMILES string of the molecule is [CH2-]N(CC)CCOC. The van der Waals surface area contributed by atoms with Gasteiger partial charge in [-0.15, -0.1) is 0 Å². The first kappa shape index (κ1) is 7.92. The third-order valence-corrected chi connectivity index (χ3v) is 1.06. The molecule has 0 aromatic carbocycles. The molecular weight excluding hydrogens is 102 g/mol. The maximum absolute atomic E-state index is 4.83. The molecule has 0 aliphatic carbocycles. The van der Waals surface area contributed by atoms with Crippen molar-refractivity contribution in [3.63, 3.8) is 0 Å². The molecule has 2 nitrogen and oxygen atoms in total. The van der Waals surface area contributed by atoms with E-state index in [1.165, 1.54) is 0 Å². The Morgan fingerprint density at radius 1 is 1.62 bits per heavy atom. The normalized spacial score (nSPS) is 10.5. The van der Waals surface area contributed by atoms with Crippen molar-refractivity contribution in [1.82, 2.24) is 4.90 Å². The van der Waals surface area contributed by atoms with E-state index in [2.05, 4.69) is 14.0 Å². The number of nitrogens with zero attached hydrogens (tertiary/aromatic N) is 1. The summed E-state index contributed by atoms with van der Waals surface area (Å²) in [6, 6.07) is 0. The largest absolute Gasteiger partial charge is 0.458 e. The van der Waals surface area contributed by atoms with Gasteiger partial charge >= 0.3 is 0 Å². The third kappa shape index (κ3) is 4.09. The molecular formula is C6H14NO-. The van der Waals surface area contributed by atoms with Gasteiger partial charge in [0.15, 0.2) is 0 Å². The lowest BCUT2D eigenvalue weighted by atomic mass is 10.5. The zero-order valence-corrected chi connectivity index (χ0v) is 5.68. The fraction of sp³-hybridized carbons (Fsp3) is 0.833. The summed E-state index contributed by atoms with van der Waals surface area (Å²) in [4.78, 5) is 1.96. The molecule has 0 heterocycles. The number of methoxy groups -OCH3 is 1. The number of ether oxygens (including phenoxy) is 1. The fourth-order valence-corrected chi connectivity index (χ4v) is 0.379. The molecule has 0 unspecified atom stereocenters. The van der Waals surface area contributed by atoms with Crippen LogP contribution in [0.25, 0.3) is 0 Å². The van der Waals surface area contributed by atoms with Crippen LogP contribution >= 0.6 is 0 Å². The molecule has 0 atom stereocenters. The van der Waals surface area contributed by atoms with Crippen molar-refractivity contribution in [2.24, 2.45) is 0 Å². The van der Waals surface area contributed by atoms with Crippen LogP contribution in [0, 0.1) is 7.05 Å². The standard InChI is InChI=1S/C6H14NO/c1-4-7(2)5-6-8-3/h2,4-6H2,1,3H3/q-1. The average Bonchev–Trinajstić information content (AvgIpc) is 1.83. The first-order valence-electron chi connectivity index (χ1n) is 2.85. The summed E-state index contributed by atoms with van der Waals surface area (Å²) in [5, 5.41) is 0. The maximum Gasteiger partial charge on any atom is 0.0565 e. The molecule has 0 aliphatic rings. The van der Waals surface area contributed by atoms with Crippen LogP contribution in [0.15, 0.2) is 0 Å². The van der Waals surface area contributed by atoms with E-state index in [-0.39, 0.29) is 0 Å². The lowest BCUT2D eigenvalue weighted by Gasteiger charge is -2.21. The second-order valence-corrected chi connectivity index (χ2v) is 1.70. The minimum Gasteiger partial charge on any atom is -0.458 e. The molecule has 0 radical (unpaired) electrons.